The van der Waals surface area contributed by atoms with Crippen molar-refractivity contribution in [1.29, 1.82) is 0 Å². The fourth-order valence-electron chi connectivity index (χ4n) is 2.37. The number of rotatable bonds is 2. The Hall–Kier alpha value is -0.340. The van der Waals surface area contributed by atoms with Crippen LogP contribution in [0.15, 0.2) is 11.6 Å². The number of allylic oxidation sites excluding steroid dienone is 1. The molecule has 2 rings (SSSR count). The summed E-state index contributed by atoms with van der Waals surface area (Å²) in [5, 5.41) is 8.79. The molecule has 3 atom stereocenters. The Kier molecular flexibility index (Phi) is 2.20. The molecule has 0 aromatic carbocycles. The molecule has 1 saturated heterocycles. The molecule has 2 nitrogen and oxygen atoms in total. The van der Waals surface area contributed by atoms with E-state index in [0.29, 0.717) is 12.0 Å². The molecular formula is C11H18O2. The maximum absolute atomic E-state index is 8.79. The van der Waals surface area contributed by atoms with Crippen LogP contribution < -0.4 is 0 Å². The van der Waals surface area contributed by atoms with Gasteiger partial charge in [0.25, 0.3) is 0 Å². The Morgan fingerprint density at radius 3 is 3.08 bits per heavy atom. The summed E-state index contributed by atoms with van der Waals surface area (Å²) in [7, 11) is 0. The number of aliphatic hydroxyl groups is 1. The average molecular weight is 182 g/mol. The summed E-state index contributed by atoms with van der Waals surface area (Å²) in [6.07, 6.45) is 5.97. The van der Waals surface area contributed by atoms with Gasteiger partial charge in [0.15, 0.2) is 0 Å². The number of fused-ring (bicyclic) bond motifs is 1. The van der Waals surface area contributed by atoms with Crippen LogP contribution in [0, 0.1) is 5.92 Å². The molecule has 0 aromatic rings. The van der Waals surface area contributed by atoms with Gasteiger partial charge in [-0.25, -0.2) is 0 Å². The Bertz CT molecular complexity index is 234. The second-order valence-corrected chi connectivity index (χ2v) is 4.52. The largest absolute Gasteiger partial charge is 0.392 e. The molecule has 0 bridgehead atoms. The van der Waals surface area contributed by atoms with Crippen molar-refractivity contribution >= 4 is 0 Å². The quantitative estimate of drug-likeness (QED) is 0.522. The lowest BCUT2D eigenvalue weighted by molar-refractivity contribution is 0.303. The first-order chi connectivity index (χ1) is 6.15. The van der Waals surface area contributed by atoms with Crippen molar-refractivity contribution in [3.63, 3.8) is 0 Å². The maximum Gasteiger partial charge on any atom is 0.0920 e. The molecule has 1 heterocycles. The first-order valence-corrected chi connectivity index (χ1v) is 5.11. The minimum absolute atomic E-state index is 0.172. The molecule has 74 valence electrons. The molecule has 0 amide bonds. The Labute approximate surface area is 79.6 Å². The molecule has 1 saturated carbocycles. The van der Waals surface area contributed by atoms with Gasteiger partial charge in [-0.05, 0) is 39.0 Å². The van der Waals surface area contributed by atoms with E-state index in [1.807, 2.05) is 6.08 Å². The van der Waals surface area contributed by atoms with Crippen LogP contribution in [-0.2, 0) is 4.74 Å². The lowest BCUT2D eigenvalue weighted by Crippen LogP contribution is -2.21. The second kappa shape index (κ2) is 3.10. The zero-order valence-corrected chi connectivity index (χ0v) is 8.42. The van der Waals surface area contributed by atoms with Gasteiger partial charge in [-0.1, -0.05) is 11.6 Å². The number of epoxide rings is 1. The van der Waals surface area contributed by atoms with Gasteiger partial charge in [0, 0.05) is 0 Å². The highest BCUT2D eigenvalue weighted by molar-refractivity contribution is 5.12. The molecule has 0 spiro atoms. The first-order valence-electron chi connectivity index (χ1n) is 5.11. The summed E-state index contributed by atoms with van der Waals surface area (Å²) in [4.78, 5) is 0. The Balaban J connectivity index is 1.94. The highest BCUT2D eigenvalue weighted by Crippen LogP contribution is 2.50. The van der Waals surface area contributed by atoms with Crippen molar-refractivity contribution in [2.45, 2.75) is 44.8 Å². The van der Waals surface area contributed by atoms with Crippen LogP contribution in [0.1, 0.15) is 33.1 Å². The van der Waals surface area contributed by atoms with Crippen LogP contribution in [0.4, 0.5) is 0 Å². The smallest absolute Gasteiger partial charge is 0.0920 e. The molecule has 13 heavy (non-hydrogen) atoms. The lowest BCUT2D eigenvalue weighted by atomic mass is 9.79. The zero-order valence-electron chi connectivity index (χ0n) is 8.42. The molecule has 3 unspecified atom stereocenters. The number of hydrogen-bond donors (Lipinski definition) is 1. The van der Waals surface area contributed by atoms with Crippen molar-refractivity contribution in [2.24, 2.45) is 5.92 Å². The molecular weight excluding hydrogens is 164 g/mol. The van der Waals surface area contributed by atoms with Crippen LogP contribution in [0.5, 0.6) is 0 Å². The third-order valence-electron chi connectivity index (χ3n) is 3.58. The SMILES string of the molecule is C/C(=C\CO)C1CCC2(C)OC2C1. The molecule has 1 aliphatic carbocycles. The summed E-state index contributed by atoms with van der Waals surface area (Å²) < 4.78 is 5.63. The fourth-order valence-corrected chi connectivity index (χ4v) is 2.37. The molecule has 1 aliphatic heterocycles. The van der Waals surface area contributed by atoms with Gasteiger partial charge < -0.3 is 9.84 Å². The number of aliphatic hydroxyl groups excluding tert-OH is 1. The normalized spacial score (nSPS) is 44.4. The average Bonchev–Trinajstić information content (AvgIpc) is 2.75. The molecule has 2 heteroatoms. The van der Waals surface area contributed by atoms with Crippen LogP contribution in [0.3, 0.4) is 0 Å². The van der Waals surface area contributed by atoms with Gasteiger partial charge in [-0.2, -0.15) is 0 Å². The predicted octanol–water partition coefficient (Wildman–Crippen LogP) is 1.88. The minimum atomic E-state index is 0.172. The van der Waals surface area contributed by atoms with Crippen molar-refractivity contribution in [2.75, 3.05) is 6.61 Å². The van der Waals surface area contributed by atoms with E-state index in [1.165, 1.54) is 18.4 Å². The van der Waals surface area contributed by atoms with E-state index in [1.54, 1.807) is 0 Å². The maximum atomic E-state index is 8.79. The monoisotopic (exact) mass is 182 g/mol. The third-order valence-corrected chi connectivity index (χ3v) is 3.58. The van der Waals surface area contributed by atoms with E-state index in [4.69, 9.17) is 9.84 Å². The number of hydrogen-bond acceptors (Lipinski definition) is 2. The standard InChI is InChI=1S/C11H18O2/c1-8(4-6-12)9-3-5-11(2)10(7-9)13-11/h4,9-10,12H,3,5-7H2,1-2H3/b8-4+. The zero-order chi connectivity index (χ0) is 9.47. The Morgan fingerprint density at radius 1 is 1.69 bits per heavy atom. The van der Waals surface area contributed by atoms with Gasteiger partial charge in [-0.3, -0.25) is 0 Å². The van der Waals surface area contributed by atoms with Crippen LogP contribution >= 0.6 is 0 Å². The van der Waals surface area contributed by atoms with Gasteiger partial charge >= 0.3 is 0 Å². The van der Waals surface area contributed by atoms with Crippen molar-refractivity contribution in [1.82, 2.24) is 0 Å². The first kappa shape index (κ1) is 9.22. The highest BCUT2D eigenvalue weighted by Gasteiger charge is 2.55. The Morgan fingerprint density at radius 2 is 2.46 bits per heavy atom. The van der Waals surface area contributed by atoms with Crippen LogP contribution in [-0.4, -0.2) is 23.4 Å². The highest BCUT2D eigenvalue weighted by atomic mass is 16.6. The predicted molar refractivity (Wildman–Crippen MR) is 51.5 cm³/mol. The van der Waals surface area contributed by atoms with E-state index >= 15 is 0 Å². The summed E-state index contributed by atoms with van der Waals surface area (Å²) in [6, 6.07) is 0. The second-order valence-electron chi connectivity index (χ2n) is 4.52. The van der Waals surface area contributed by atoms with E-state index in [-0.39, 0.29) is 12.2 Å². The summed E-state index contributed by atoms with van der Waals surface area (Å²) >= 11 is 0. The molecule has 0 aromatic heterocycles. The number of ether oxygens (including phenoxy) is 1. The van der Waals surface area contributed by atoms with E-state index in [9.17, 15) is 0 Å². The van der Waals surface area contributed by atoms with Gasteiger partial charge in [0.2, 0.25) is 0 Å². The summed E-state index contributed by atoms with van der Waals surface area (Å²) in [5.74, 6) is 0.646. The van der Waals surface area contributed by atoms with Crippen molar-refractivity contribution < 1.29 is 9.84 Å². The van der Waals surface area contributed by atoms with Crippen LogP contribution in [0.2, 0.25) is 0 Å². The third kappa shape index (κ3) is 1.65. The fraction of sp³-hybridized carbons (Fsp3) is 0.818. The van der Waals surface area contributed by atoms with Gasteiger partial charge in [0.1, 0.15) is 0 Å². The summed E-state index contributed by atoms with van der Waals surface area (Å²) in [5.41, 5.74) is 1.55. The lowest BCUT2D eigenvalue weighted by Gasteiger charge is -2.23. The van der Waals surface area contributed by atoms with E-state index in [0.717, 1.165) is 6.42 Å². The van der Waals surface area contributed by atoms with Crippen molar-refractivity contribution in [3.8, 4) is 0 Å². The van der Waals surface area contributed by atoms with Crippen molar-refractivity contribution in [3.05, 3.63) is 11.6 Å². The van der Waals surface area contributed by atoms with Gasteiger partial charge in [0.05, 0.1) is 18.3 Å². The van der Waals surface area contributed by atoms with E-state index < -0.39 is 0 Å². The van der Waals surface area contributed by atoms with Gasteiger partial charge in [-0.15, -0.1) is 0 Å². The molecule has 1 N–H and O–H groups in total. The topological polar surface area (TPSA) is 32.8 Å². The molecule has 2 aliphatic rings. The molecule has 2 fully saturated rings. The summed E-state index contributed by atoms with van der Waals surface area (Å²) in [6.45, 7) is 4.50. The van der Waals surface area contributed by atoms with E-state index in [2.05, 4.69) is 13.8 Å². The molecule has 0 radical (unpaired) electrons. The van der Waals surface area contributed by atoms with Crippen LogP contribution in [0.25, 0.3) is 0 Å². The minimum Gasteiger partial charge on any atom is -0.392 e.